The average molecular weight is 355 g/mol. The van der Waals surface area contributed by atoms with Crippen molar-refractivity contribution in [3.05, 3.63) is 47.8 Å². The van der Waals surface area contributed by atoms with E-state index < -0.39 is 0 Å². The summed E-state index contributed by atoms with van der Waals surface area (Å²) in [6, 6.07) is 5.83. The maximum Gasteiger partial charge on any atom is 0.126 e. The molecule has 3 aliphatic rings. The van der Waals surface area contributed by atoms with Gasteiger partial charge in [0.05, 0.1) is 0 Å². The number of allylic oxidation sites excluding steroid dienone is 1. The van der Waals surface area contributed by atoms with Crippen LogP contribution in [0, 0.1) is 42.3 Å². The second-order valence-electron chi connectivity index (χ2n) is 9.54. The number of fused-ring (bicyclic) bond motifs is 1. The summed E-state index contributed by atoms with van der Waals surface area (Å²) >= 11 is 0. The van der Waals surface area contributed by atoms with Gasteiger partial charge in [-0.05, 0) is 124 Å². The van der Waals surface area contributed by atoms with Crippen molar-refractivity contribution in [3.8, 4) is 0 Å². The van der Waals surface area contributed by atoms with Gasteiger partial charge in [-0.15, -0.1) is 6.58 Å². The Morgan fingerprint density at radius 1 is 0.846 bits per heavy atom. The summed E-state index contributed by atoms with van der Waals surface area (Å²) in [5.74, 6) is 5.06. The van der Waals surface area contributed by atoms with Crippen LogP contribution in [0.4, 0.5) is 4.39 Å². The van der Waals surface area contributed by atoms with Crippen LogP contribution in [-0.4, -0.2) is 0 Å². The van der Waals surface area contributed by atoms with Crippen LogP contribution in [0.3, 0.4) is 0 Å². The van der Waals surface area contributed by atoms with E-state index in [-0.39, 0.29) is 5.82 Å². The highest BCUT2D eigenvalue weighted by atomic mass is 19.1. The number of hydrogen-bond acceptors (Lipinski definition) is 0. The number of aryl methyl sites for hydroxylation is 1. The van der Waals surface area contributed by atoms with Crippen LogP contribution in [0.2, 0.25) is 0 Å². The largest absolute Gasteiger partial charge is 0.207 e. The zero-order valence-electron chi connectivity index (χ0n) is 16.4. The van der Waals surface area contributed by atoms with E-state index in [4.69, 9.17) is 0 Å². The molecular weight excluding hydrogens is 319 g/mol. The molecule has 4 unspecified atom stereocenters. The molecular formula is C25H35F. The van der Waals surface area contributed by atoms with Crippen molar-refractivity contribution in [2.75, 3.05) is 0 Å². The maximum absolute atomic E-state index is 14.3. The topological polar surface area (TPSA) is 0 Å². The molecule has 0 aliphatic heterocycles. The third-order valence-electron chi connectivity index (χ3n) is 8.06. The molecule has 4 atom stereocenters. The van der Waals surface area contributed by atoms with Gasteiger partial charge in [0.1, 0.15) is 5.82 Å². The molecule has 0 bridgehead atoms. The van der Waals surface area contributed by atoms with Crippen LogP contribution in [0.5, 0.6) is 0 Å². The molecule has 1 aromatic carbocycles. The number of halogens is 1. The van der Waals surface area contributed by atoms with Gasteiger partial charge in [0.2, 0.25) is 0 Å². The summed E-state index contributed by atoms with van der Waals surface area (Å²) in [5.41, 5.74) is 2.00. The lowest BCUT2D eigenvalue weighted by molar-refractivity contribution is 0.0718. The molecule has 1 heteroatoms. The predicted molar refractivity (Wildman–Crippen MR) is 108 cm³/mol. The molecule has 0 amide bonds. The van der Waals surface area contributed by atoms with Gasteiger partial charge in [0.25, 0.3) is 0 Å². The summed E-state index contributed by atoms with van der Waals surface area (Å²) in [4.78, 5) is 0. The molecule has 0 aromatic heterocycles. The normalized spacial score (nSPS) is 37.8. The quantitative estimate of drug-likeness (QED) is 0.495. The van der Waals surface area contributed by atoms with Gasteiger partial charge in [-0.1, -0.05) is 18.2 Å². The van der Waals surface area contributed by atoms with Crippen molar-refractivity contribution < 1.29 is 4.39 Å². The molecule has 0 spiro atoms. The fourth-order valence-corrected chi connectivity index (χ4v) is 6.47. The van der Waals surface area contributed by atoms with E-state index in [0.29, 0.717) is 5.92 Å². The fourth-order valence-electron chi connectivity index (χ4n) is 6.47. The highest BCUT2D eigenvalue weighted by Crippen LogP contribution is 2.50. The molecule has 3 aliphatic carbocycles. The van der Waals surface area contributed by atoms with E-state index >= 15 is 0 Å². The monoisotopic (exact) mass is 354 g/mol. The van der Waals surface area contributed by atoms with Gasteiger partial charge in [-0.25, -0.2) is 4.39 Å². The molecule has 0 radical (unpaired) electrons. The summed E-state index contributed by atoms with van der Waals surface area (Å²) < 4.78 is 14.3. The molecule has 0 saturated heterocycles. The Balaban J connectivity index is 1.32. The van der Waals surface area contributed by atoms with Crippen molar-refractivity contribution in [2.45, 2.75) is 77.0 Å². The Bertz CT molecular complexity index is 625. The van der Waals surface area contributed by atoms with Crippen LogP contribution in [0.25, 0.3) is 0 Å². The van der Waals surface area contributed by atoms with Gasteiger partial charge < -0.3 is 0 Å². The van der Waals surface area contributed by atoms with Gasteiger partial charge in [0.15, 0.2) is 0 Å². The second kappa shape index (κ2) is 7.87. The van der Waals surface area contributed by atoms with Crippen LogP contribution in [0.1, 0.15) is 81.3 Å². The number of rotatable bonds is 3. The first-order valence-electron chi connectivity index (χ1n) is 11.0. The van der Waals surface area contributed by atoms with Crippen LogP contribution < -0.4 is 0 Å². The first-order valence-corrected chi connectivity index (χ1v) is 11.0. The Labute approximate surface area is 159 Å². The average Bonchev–Trinajstić information content (AvgIpc) is 2.67. The summed E-state index contributed by atoms with van der Waals surface area (Å²) in [6.07, 6.45) is 15.8. The molecule has 0 heterocycles. The number of benzene rings is 1. The minimum Gasteiger partial charge on any atom is -0.207 e. The smallest absolute Gasteiger partial charge is 0.126 e. The van der Waals surface area contributed by atoms with Crippen LogP contribution >= 0.6 is 0 Å². The molecule has 0 nitrogen and oxygen atoms in total. The second-order valence-corrected chi connectivity index (χ2v) is 9.54. The van der Waals surface area contributed by atoms with Gasteiger partial charge in [-0.2, -0.15) is 0 Å². The summed E-state index contributed by atoms with van der Waals surface area (Å²) in [6.45, 7) is 6.00. The SMILES string of the molecule is C=CC1CCC2CC(C3CCC(c4ccc(C)cc4F)CC3)CCC2C1. The van der Waals surface area contributed by atoms with E-state index in [9.17, 15) is 4.39 Å². The molecule has 26 heavy (non-hydrogen) atoms. The van der Waals surface area contributed by atoms with Crippen molar-refractivity contribution in [3.63, 3.8) is 0 Å². The minimum atomic E-state index is 0.0212. The van der Waals surface area contributed by atoms with Gasteiger partial charge in [-0.3, -0.25) is 0 Å². The third-order valence-corrected chi connectivity index (χ3v) is 8.06. The van der Waals surface area contributed by atoms with Crippen molar-refractivity contribution in [1.82, 2.24) is 0 Å². The van der Waals surface area contributed by atoms with Gasteiger partial charge in [0, 0.05) is 0 Å². The fraction of sp³-hybridized carbons (Fsp3) is 0.680. The van der Waals surface area contributed by atoms with Crippen molar-refractivity contribution >= 4 is 0 Å². The summed E-state index contributed by atoms with van der Waals surface area (Å²) in [7, 11) is 0. The zero-order chi connectivity index (χ0) is 18.1. The molecule has 3 fully saturated rings. The van der Waals surface area contributed by atoms with Crippen molar-refractivity contribution in [1.29, 1.82) is 0 Å². The molecule has 4 rings (SSSR count). The van der Waals surface area contributed by atoms with E-state index in [1.807, 2.05) is 13.0 Å². The lowest BCUT2D eigenvalue weighted by Crippen LogP contribution is -2.34. The first-order chi connectivity index (χ1) is 12.6. The highest BCUT2D eigenvalue weighted by molar-refractivity contribution is 5.26. The van der Waals surface area contributed by atoms with Crippen molar-refractivity contribution in [2.24, 2.45) is 29.6 Å². The van der Waals surface area contributed by atoms with E-state index in [1.165, 1.54) is 64.2 Å². The highest BCUT2D eigenvalue weighted by Gasteiger charge is 2.38. The van der Waals surface area contributed by atoms with Crippen LogP contribution in [-0.2, 0) is 0 Å². The Morgan fingerprint density at radius 3 is 2.15 bits per heavy atom. The van der Waals surface area contributed by atoms with Crippen LogP contribution in [0.15, 0.2) is 30.9 Å². The minimum absolute atomic E-state index is 0.0212. The standard InChI is InChI=1S/C25H35F/c1-3-18-5-6-23-16-22(12-11-21(23)15-18)19-7-9-20(10-8-19)24-13-4-17(2)14-25(24)26/h3-4,13-14,18-23H,1,5-12,15-16H2,2H3. The van der Waals surface area contributed by atoms with E-state index in [1.54, 1.807) is 6.07 Å². The van der Waals surface area contributed by atoms with E-state index in [2.05, 4.69) is 18.7 Å². The first kappa shape index (κ1) is 18.3. The molecule has 142 valence electrons. The Hall–Kier alpha value is -1.11. The zero-order valence-corrected chi connectivity index (χ0v) is 16.4. The maximum atomic E-state index is 14.3. The lowest BCUT2D eigenvalue weighted by atomic mass is 9.61. The molecule has 3 saturated carbocycles. The van der Waals surface area contributed by atoms with E-state index in [0.717, 1.165) is 40.7 Å². The summed E-state index contributed by atoms with van der Waals surface area (Å²) in [5, 5.41) is 0. The van der Waals surface area contributed by atoms with Gasteiger partial charge >= 0.3 is 0 Å². The Kier molecular flexibility index (Phi) is 5.53. The predicted octanol–water partition coefficient (Wildman–Crippen LogP) is 7.43. The molecule has 0 N–H and O–H groups in total. The number of hydrogen-bond donors (Lipinski definition) is 0. The molecule has 1 aromatic rings. The third kappa shape index (κ3) is 3.78. The Morgan fingerprint density at radius 2 is 1.46 bits per heavy atom. The lowest BCUT2D eigenvalue weighted by Gasteiger charge is -2.45.